The first kappa shape index (κ1) is 13.9. The van der Waals surface area contributed by atoms with Crippen LogP contribution in [-0.4, -0.2) is 34.9 Å². The van der Waals surface area contributed by atoms with Crippen molar-refractivity contribution in [1.29, 1.82) is 0 Å². The van der Waals surface area contributed by atoms with Crippen molar-refractivity contribution in [2.75, 3.05) is 0 Å². The molecule has 0 amide bonds. The van der Waals surface area contributed by atoms with Gasteiger partial charge in [0.15, 0.2) is 6.10 Å². The van der Waals surface area contributed by atoms with Gasteiger partial charge in [0.1, 0.15) is 11.7 Å². The van der Waals surface area contributed by atoms with E-state index in [-0.39, 0.29) is 0 Å². The molecule has 88 valence electrons. The van der Waals surface area contributed by atoms with Gasteiger partial charge in [-0.25, -0.2) is 9.59 Å². The summed E-state index contributed by atoms with van der Waals surface area (Å²) < 4.78 is 9.64. The Balaban J connectivity index is 4.17. The van der Waals surface area contributed by atoms with Gasteiger partial charge in [-0.05, 0) is 34.6 Å². The third-order valence-corrected chi connectivity index (χ3v) is 1.37. The zero-order valence-corrected chi connectivity index (χ0v) is 9.73. The van der Waals surface area contributed by atoms with Crippen LogP contribution in [0.4, 0.5) is 0 Å². The summed E-state index contributed by atoms with van der Waals surface area (Å²) in [4.78, 5) is 22.3. The Morgan fingerprint density at radius 2 is 1.60 bits per heavy atom. The molecule has 0 spiro atoms. The van der Waals surface area contributed by atoms with Crippen molar-refractivity contribution in [2.24, 2.45) is 0 Å². The van der Waals surface area contributed by atoms with Crippen LogP contribution in [0.15, 0.2) is 0 Å². The van der Waals surface area contributed by atoms with Crippen LogP contribution in [0.25, 0.3) is 0 Å². The van der Waals surface area contributed by atoms with E-state index in [0.717, 1.165) is 0 Å². The number of aliphatic hydroxyl groups excluding tert-OH is 1. The Labute approximate surface area is 89.4 Å². The van der Waals surface area contributed by atoms with Gasteiger partial charge in [-0.2, -0.15) is 0 Å². The van der Waals surface area contributed by atoms with Crippen molar-refractivity contribution < 1.29 is 24.2 Å². The fourth-order valence-electron chi connectivity index (χ4n) is 0.706. The Hall–Kier alpha value is -1.10. The fourth-order valence-corrected chi connectivity index (χ4v) is 0.706. The van der Waals surface area contributed by atoms with E-state index in [1.165, 1.54) is 13.8 Å². The number of carbonyl (C=O) groups excluding carboxylic acids is 2. The van der Waals surface area contributed by atoms with Crippen LogP contribution >= 0.6 is 0 Å². The van der Waals surface area contributed by atoms with Gasteiger partial charge in [0.05, 0.1) is 0 Å². The maximum atomic E-state index is 11.3. The van der Waals surface area contributed by atoms with Gasteiger partial charge >= 0.3 is 11.9 Å². The van der Waals surface area contributed by atoms with Crippen LogP contribution in [0.1, 0.15) is 34.6 Å². The van der Waals surface area contributed by atoms with Crippen LogP contribution in [0.5, 0.6) is 0 Å². The minimum absolute atomic E-state index is 0.622. The summed E-state index contributed by atoms with van der Waals surface area (Å²) in [7, 11) is 0. The molecule has 0 aromatic carbocycles. The molecule has 0 unspecified atom stereocenters. The van der Waals surface area contributed by atoms with Gasteiger partial charge in [-0.1, -0.05) is 0 Å². The van der Waals surface area contributed by atoms with Crippen LogP contribution in [0, 0.1) is 0 Å². The second-order valence-electron chi connectivity index (χ2n) is 4.29. The van der Waals surface area contributed by atoms with Crippen LogP contribution in [0.3, 0.4) is 0 Å². The number of hydrogen-bond donors (Lipinski definition) is 1. The van der Waals surface area contributed by atoms with E-state index in [4.69, 9.17) is 9.84 Å². The first-order chi connectivity index (χ1) is 6.63. The maximum Gasteiger partial charge on any atom is 0.347 e. The van der Waals surface area contributed by atoms with Crippen molar-refractivity contribution in [2.45, 2.75) is 52.4 Å². The molecule has 0 saturated heterocycles. The Morgan fingerprint density at radius 1 is 1.13 bits per heavy atom. The molecule has 0 rings (SSSR count). The van der Waals surface area contributed by atoms with Gasteiger partial charge in [0.25, 0.3) is 0 Å². The van der Waals surface area contributed by atoms with Crippen molar-refractivity contribution in [3.8, 4) is 0 Å². The lowest BCUT2D eigenvalue weighted by atomic mass is 10.2. The summed E-state index contributed by atoms with van der Waals surface area (Å²) in [6, 6.07) is 0. The van der Waals surface area contributed by atoms with Crippen molar-refractivity contribution >= 4 is 11.9 Å². The molecule has 0 radical (unpaired) electrons. The smallest absolute Gasteiger partial charge is 0.347 e. The van der Waals surface area contributed by atoms with Crippen LogP contribution in [0.2, 0.25) is 0 Å². The number of rotatable bonds is 3. The highest BCUT2D eigenvalue weighted by Crippen LogP contribution is 2.09. The predicted octanol–water partition coefficient (Wildman–Crippen LogP) is 0.641. The van der Waals surface area contributed by atoms with E-state index >= 15 is 0 Å². The molecule has 0 aromatic heterocycles. The summed E-state index contributed by atoms with van der Waals surface area (Å²) in [5.74, 6) is -1.47. The molecule has 1 N–H and O–H groups in total. The van der Waals surface area contributed by atoms with E-state index in [9.17, 15) is 9.59 Å². The average Bonchev–Trinajstić information content (AvgIpc) is 2.00. The van der Waals surface area contributed by atoms with Crippen molar-refractivity contribution in [1.82, 2.24) is 0 Å². The molecule has 0 aromatic rings. The number of aliphatic hydroxyl groups is 1. The van der Waals surface area contributed by atoms with Gasteiger partial charge < -0.3 is 14.6 Å². The molecule has 0 aliphatic rings. The van der Waals surface area contributed by atoms with Gasteiger partial charge in [0.2, 0.25) is 0 Å². The zero-order chi connectivity index (χ0) is 12.2. The lowest BCUT2D eigenvalue weighted by Gasteiger charge is -2.22. The molecule has 15 heavy (non-hydrogen) atoms. The van der Waals surface area contributed by atoms with Gasteiger partial charge in [-0.15, -0.1) is 0 Å². The Bertz CT molecular complexity index is 239. The summed E-state index contributed by atoms with van der Waals surface area (Å²) >= 11 is 0. The van der Waals surface area contributed by atoms with E-state index < -0.39 is 29.7 Å². The molecular weight excluding hydrogens is 200 g/mol. The second-order valence-corrected chi connectivity index (χ2v) is 4.29. The summed E-state index contributed by atoms with van der Waals surface area (Å²) in [6.07, 6.45) is -2.25. The van der Waals surface area contributed by atoms with E-state index in [2.05, 4.69) is 4.74 Å². The molecule has 0 bridgehead atoms. The largest absolute Gasteiger partial charge is 0.457 e. The van der Waals surface area contributed by atoms with Gasteiger partial charge in [-0.3, -0.25) is 0 Å². The highest BCUT2D eigenvalue weighted by molar-refractivity contribution is 5.80. The zero-order valence-electron chi connectivity index (χ0n) is 9.73. The third kappa shape index (κ3) is 6.06. The number of esters is 2. The molecule has 0 saturated carbocycles. The standard InChI is InChI=1S/C10H18O5/c1-6(11)8(12)14-7(2)9(13)15-10(3,4)5/h6-7,11H,1-5H3/t6-,7-/m0/s1. The normalized spacial score (nSPS) is 15.3. The first-order valence-corrected chi connectivity index (χ1v) is 4.75. The topological polar surface area (TPSA) is 72.8 Å². The molecule has 0 aliphatic carbocycles. The number of hydrogen-bond acceptors (Lipinski definition) is 5. The highest BCUT2D eigenvalue weighted by Gasteiger charge is 2.25. The van der Waals surface area contributed by atoms with Crippen LogP contribution in [-0.2, 0) is 19.1 Å². The van der Waals surface area contributed by atoms with Crippen LogP contribution < -0.4 is 0 Å². The lowest BCUT2D eigenvalue weighted by molar-refractivity contribution is -0.177. The molecule has 0 aliphatic heterocycles. The summed E-state index contributed by atoms with van der Waals surface area (Å²) in [6.45, 7) is 7.81. The Kier molecular flexibility index (Phi) is 4.74. The minimum atomic E-state index is -1.24. The summed E-state index contributed by atoms with van der Waals surface area (Å²) in [5, 5.41) is 8.86. The molecule has 5 heteroatoms. The summed E-state index contributed by atoms with van der Waals surface area (Å²) in [5.41, 5.74) is -0.622. The maximum absolute atomic E-state index is 11.3. The third-order valence-electron chi connectivity index (χ3n) is 1.37. The molecule has 0 fully saturated rings. The van der Waals surface area contributed by atoms with E-state index in [1.54, 1.807) is 20.8 Å². The van der Waals surface area contributed by atoms with Gasteiger partial charge in [0, 0.05) is 0 Å². The van der Waals surface area contributed by atoms with E-state index in [1.807, 2.05) is 0 Å². The fraction of sp³-hybridized carbons (Fsp3) is 0.800. The average molecular weight is 218 g/mol. The monoisotopic (exact) mass is 218 g/mol. The van der Waals surface area contributed by atoms with E-state index in [0.29, 0.717) is 0 Å². The number of carbonyl (C=O) groups is 2. The van der Waals surface area contributed by atoms with Crippen molar-refractivity contribution in [3.63, 3.8) is 0 Å². The minimum Gasteiger partial charge on any atom is -0.457 e. The van der Waals surface area contributed by atoms with Crippen molar-refractivity contribution in [3.05, 3.63) is 0 Å². The first-order valence-electron chi connectivity index (χ1n) is 4.75. The Morgan fingerprint density at radius 3 is 1.93 bits per heavy atom. The molecule has 5 nitrogen and oxygen atoms in total. The molecule has 2 atom stereocenters. The highest BCUT2D eigenvalue weighted by atomic mass is 16.6. The molecule has 0 heterocycles. The SMILES string of the molecule is C[C@H](O)C(=O)O[C@@H](C)C(=O)OC(C)(C)C. The predicted molar refractivity (Wildman–Crippen MR) is 53.1 cm³/mol. The second kappa shape index (κ2) is 5.11. The quantitative estimate of drug-likeness (QED) is 0.704. The molecular formula is C10H18O5. The number of ether oxygens (including phenoxy) is 2. The lowest BCUT2D eigenvalue weighted by Crippen LogP contribution is -2.35.